The van der Waals surface area contributed by atoms with Gasteiger partial charge in [0.1, 0.15) is 12.3 Å². The summed E-state index contributed by atoms with van der Waals surface area (Å²) in [5, 5.41) is 3.52. The smallest absolute Gasteiger partial charge is 0.268 e. The first-order chi connectivity index (χ1) is 12.0. The minimum absolute atomic E-state index is 0.0287. The summed E-state index contributed by atoms with van der Waals surface area (Å²) in [6, 6.07) is 14.7. The molecule has 1 N–H and O–H groups in total. The highest BCUT2D eigenvalue weighted by molar-refractivity contribution is 6.30. The van der Waals surface area contributed by atoms with Gasteiger partial charge in [0, 0.05) is 11.6 Å². The van der Waals surface area contributed by atoms with Crippen molar-refractivity contribution in [3.05, 3.63) is 59.1 Å². The van der Waals surface area contributed by atoms with E-state index in [0.717, 1.165) is 5.56 Å². The van der Waals surface area contributed by atoms with Crippen LogP contribution in [-0.2, 0) is 16.0 Å². The summed E-state index contributed by atoms with van der Waals surface area (Å²) in [5.41, 5.74) is 1.67. The summed E-state index contributed by atoms with van der Waals surface area (Å²) in [6.45, 7) is 2.14. The molecule has 1 heterocycles. The summed E-state index contributed by atoms with van der Waals surface area (Å²) in [4.78, 5) is 26.1. The number of fused-ring (bicyclic) bond motifs is 1. The van der Waals surface area contributed by atoms with Gasteiger partial charge in [0.2, 0.25) is 5.91 Å². The molecule has 3 rings (SSSR count). The lowest BCUT2D eigenvalue weighted by atomic mass is 10.1. The third-order valence-corrected chi connectivity index (χ3v) is 4.24. The summed E-state index contributed by atoms with van der Waals surface area (Å²) in [6.07, 6.45) is 0.0743. The first-order valence-electron chi connectivity index (χ1n) is 8.13. The predicted molar refractivity (Wildman–Crippen MR) is 97.1 cm³/mol. The van der Waals surface area contributed by atoms with Crippen LogP contribution in [0.3, 0.4) is 0 Å². The molecule has 1 atom stereocenters. The molecule has 0 unspecified atom stereocenters. The topological polar surface area (TPSA) is 58.6 Å². The third kappa shape index (κ3) is 4.12. The third-order valence-electron chi connectivity index (χ3n) is 4.00. The van der Waals surface area contributed by atoms with E-state index in [9.17, 15) is 9.59 Å². The van der Waals surface area contributed by atoms with Crippen molar-refractivity contribution >= 4 is 29.1 Å². The van der Waals surface area contributed by atoms with E-state index >= 15 is 0 Å². The number of para-hydroxylation sites is 2. The minimum Gasteiger partial charge on any atom is -0.479 e. The Morgan fingerprint density at radius 1 is 1.24 bits per heavy atom. The van der Waals surface area contributed by atoms with Crippen LogP contribution in [0.1, 0.15) is 12.5 Å². The fraction of sp³-hybridized carbons (Fsp3) is 0.263. The van der Waals surface area contributed by atoms with E-state index in [1.807, 2.05) is 36.4 Å². The van der Waals surface area contributed by atoms with E-state index < -0.39 is 6.10 Å². The summed E-state index contributed by atoms with van der Waals surface area (Å²) < 4.78 is 5.57. The molecule has 2 aromatic carbocycles. The number of halogens is 1. The molecular weight excluding hydrogens is 340 g/mol. The SMILES string of the molecule is C[C@@H]1Oc2ccccc2N(CC(=O)NCCc2cccc(Cl)c2)C1=O. The Bertz CT molecular complexity index is 794. The first-order valence-corrected chi connectivity index (χ1v) is 8.50. The van der Waals surface area contributed by atoms with Crippen LogP contribution in [0.5, 0.6) is 5.75 Å². The number of nitrogens with one attached hydrogen (secondary N) is 1. The molecule has 0 saturated carbocycles. The van der Waals surface area contributed by atoms with Crippen LogP contribution in [0.25, 0.3) is 0 Å². The van der Waals surface area contributed by atoms with Gasteiger partial charge in [0.05, 0.1) is 5.69 Å². The van der Waals surface area contributed by atoms with Gasteiger partial charge in [-0.1, -0.05) is 35.9 Å². The number of carbonyl (C=O) groups excluding carboxylic acids is 2. The quantitative estimate of drug-likeness (QED) is 0.894. The predicted octanol–water partition coefficient (Wildman–Crippen LogP) is 2.81. The van der Waals surface area contributed by atoms with E-state index in [2.05, 4.69) is 5.32 Å². The fourth-order valence-corrected chi connectivity index (χ4v) is 2.97. The monoisotopic (exact) mass is 358 g/mol. The van der Waals surface area contributed by atoms with Gasteiger partial charge in [-0.3, -0.25) is 14.5 Å². The Morgan fingerprint density at radius 3 is 2.84 bits per heavy atom. The van der Waals surface area contributed by atoms with E-state index in [1.165, 1.54) is 4.90 Å². The van der Waals surface area contributed by atoms with Crippen molar-refractivity contribution in [1.82, 2.24) is 5.32 Å². The number of carbonyl (C=O) groups is 2. The van der Waals surface area contributed by atoms with Crippen LogP contribution in [0.4, 0.5) is 5.69 Å². The number of rotatable bonds is 5. The Balaban J connectivity index is 1.59. The normalized spacial score (nSPS) is 16.2. The van der Waals surface area contributed by atoms with Gasteiger partial charge in [-0.15, -0.1) is 0 Å². The molecule has 0 spiro atoms. The van der Waals surface area contributed by atoms with Gasteiger partial charge < -0.3 is 10.1 Å². The largest absolute Gasteiger partial charge is 0.479 e. The second-order valence-electron chi connectivity index (χ2n) is 5.88. The molecule has 0 bridgehead atoms. The summed E-state index contributed by atoms with van der Waals surface area (Å²) in [5.74, 6) is 0.185. The van der Waals surface area contributed by atoms with Crippen LogP contribution in [0, 0.1) is 0 Å². The number of amides is 2. The van der Waals surface area contributed by atoms with E-state index in [4.69, 9.17) is 16.3 Å². The molecule has 2 aromatic rings. The Morgan fingerprint density at radius 2 is 2.04 bits per heavy atom. The second-order valence-corrected chi connectivity index (χ2v) is 6.32. The van der Waals surface area contributed by atoms with Gasteiger partial charge in [-0.2, -0.15) is 0 Å². The van der Waals surface area contributed by atoms with E-state index in [1.54, 1.807) is 19.1 Å². The van der Waals surface area contributed by atoms with E-state index in [-0.39, 0.29) is 18.4 Å². The number of benzene rings is 2. The molecule has 130 valence electrons. The maximum Gasteiger partial charge on any atom is 0.268 e. The lowest BCUT2D eigenvalue weighted by Gasteiger charge is -2.32. The van der Waals surface area contributed by atoms with Crippen molar-refractivity contribution in [3.8, 4) is 5.75 Å². The lowest BCUT2D eigenvalue weighted by Crippen LogP contribution is -2.49. The maximum atomic E-state index is 12.4. The molecular formula is C19H19ClN2O3. The lowest BCUT2D eigenvalue weighted by molar-refractivity contribution is -0.128. The standard InChI is InChI=1S/C19H19ClN2O3/c1-13-19(24)22(16-7-2-3-8-17(16)25-13)12-18(23)21-10-9-14-5-4-6-15(20)11-14/h2-8,11,13H,9-10,12H2,1H3,(H,21,23)/t13-/m0/s1. The number of anilines is 1. The molecule has 1 aliphatic heterocycles. The highest BCUT2D eigenvalue weighted by Gasteiger charge is 2.32. The Kier molecular flexibility index (Phi) is 5.24. The van der Waals surface area contributed by atoms with Gasteiger partial charge in [-0.25, -0.2) is 0 Å². The van der Waals surface area contributed by atoms with Gasteiger partial charge in [-0.05, 0) is 43.2 Å². The van der Waals surface area contributed by atoms with E-state index in [0.29, 0.717) is 29.4 Å². The Labute approximate surface area is 151 Å². The number of hydrogen-bond acceptors (Lipinski definition) is 3. The average Bonchev–Trinajstić information content (AvgIpc) is 2.59. The minimum atomic E-state index is -0.603. The van der Waals surface area contributed by atoms with Crippen LogP contribution in [0.2, 0.25) is 5.02 Å². The number of ether oxygens (including phenoxy) is 1. The highest BCUT2D eigenvalue weighted by atomic mass is 35.5. The van der Waals surface area contributed by atoms with Crippen LogP contribution < -0.4 is 15.0 Å². The molecule has 0 radical (unpaired) electrons. The summed E-state index contributed by atoms with van der Waals surface area (Å²) in [7, 11) is 0. The second kappa shape index (κ2) is 7.57. The highest BCUT2D eigenvalue weighted by Crippen LogP contribution is 2.33. The van der Waals surface area contributed by atoms with Crippen LogP contribution >= 0.6 is 11.6 Å². The van der Waals surface area contributed by atoms with Crippen molar-refractivity contribution in [2.75, 3.05) is 18.0 Å². The fourth-order valence-electron chi connectivity index (χ4n) is 2.76. The van der Waals surface area contributed by atoms with Crippen molar-refractivity contribution in [2.24, 2.45) is 0 Å². The first kappa shape index (κ1) is 17.3. The van der Waals surface area contributed by atoms with Crippen LogP contribution in [0.15, 0.2) is 48.5 Å². The average molecular weight is 359 g/mol. The number of hydrogen-bond donors (Lipinski definition) is 1. The molecule has 0 aromatic heterocycles. The molecule has 6 heteroatoms. The van der Waals surface area contributed by atoms with Gasteiger partial charge >= 0.3 is 0 Å². The molecule has 0 aliphatic carbocycles. The van der Waals surface area contributed by atoms with Gasteiger partial charge in [0.15, 0.2) is 6.10 Å². The van der Waals surface area contributed by atoms with Crippen molar-refractivity contribution in [2.45, 2.75) is 19.4 Å². The van der Waals surface area contributed by atoms with Gasteiger partial charge in [0.25, 0.3) is 5.91 Å². The molecule has 2 amide bonds. The molecule has 0 fully saturated rings. The molecule has 1 aliphatic rings. The van der Waals surface area contributed by atoms with Crippen molar-refractivity contribution in [3.63, 3.8) is 0 Å². The Hall–Kier alpha value is -2.53. The maximum absolute atomic E-state index is 12.4. The molecule has 0 saturated heterocycles. The summed E-state index contributed by atoms with van der Waals surface area (Å²) >= 11 is 5.95. The zero-order valence-electron chi connectivity index (χ0n) is 13.9. The van der Waals surface area contributed by atoms with Crippen molar-refractivity contribution < 1.29 is 14.3 Å². The van der Waals surface area contributed by atoms with Crippen LogP contribution in [-0.4, -0.2) is 31.0 Å². The number of nitrogens with zero attached hydrogens (tertiary/aromatic N) is 1. The van der Waals surface area contributed by atoms with Crippen molar-refractivity contribution in [1.29, 1.82) is 0 Å². The zero-order valence-corrected chi connectivity index (χ0v) is 14.6. The molecule has 25 heavy (non-hydrogen) atoms. The molecule has 5 nitrogen and oxygen atoms in total. The zero-order chi connectivity index (χ0) is 17.8.